The first-order valence-electron chi connectivity index (χ1n) is 6.43. The highest BCUT2D eigenvalue weighted by Crippen LogP contribution is 2.18. The molecule has 108 valence electrons. The molecule has 0 bridgehead atoms. The van der Waals surface area contributed by atoms with E-state index < -0.39 is 0 Å². The van der Waals surface area contributed by atoms with Gasteiger partial charge in [0.1, 0.15) is 5.76 Å². The molecule has 0 aliphatic rings. The molecule has 2 heterocycles. The van der Waals surface area contributed by atoms with Crippen LogP contribution in [0.2, 0.25) is 5.02 Å². The fourth-order valence-electron chi connectivity index (χ4n) is 2.00. The molecule has 4 nitrogen and oxygen atoms in total. The van der Waals surface area contributed by atoms with Crippen molar-refractivity contribution in [3.63, 3.8) is 0 Å². The van der Waals surface area contributed by atoms with E-state index in [1.54, 1.807) is 24.8 Å². The first kappa shape index (κ1) is 14.2. The van der Waals surface area contributed by atoms with Crippen LogP contribution in [0.4, 0.5) is 0 Å². The average molecular weight is 321 g/mol. The Morgan fingerprint density at radius 2 is 2.00 bits per heavy atom. The van der Waals surface area contributed by atoms with Gasteiger partial charge in [0.15, 0.2) is 5.65 Å². The molecule has 0 amide bonds. The van der Waals surface area contributed by atoms with Crippen LogP contribution in [0.1, 0.15) is 17.0 Å². The van der Waals surface area contributed by atoms with E-state index in [2.05, 4.69) is 4.98 Å². The first-order chi connectivity index (χ1) is 10.1. The molecule has 0 unspecified atom stereocenters. The van der Waals surface area contributed by atoms with Gasteiger partial charge in [0.25, 0.3) is 5.56 Å². The average Bonchev–Trinajstić information content (AvgIpc) is 2.82. The van der Waals surface area contributed by atoms with Crippen molar-refractivity contribution < 1.29 is 4.52 Å². The predicted molar refractivity (Wildman–Crippen MR) is 84.9 cm³/mol. The van der Waals surface area contributed by atoms with Gasteiger partial charge in [-0.05, 0) is 24.6 Å². The van der Waals surface area contributed by atoms with Crippen LogP contribution in [-0.4, -0.2) is 9.56 Å². The minimum atomic E-state index is -0.185. The third-order valence-electron chi connectivity index (χ3n) is 2.96. The highest BCUT2D eigenvalue weighted by Gasteiger charge is 2.06. The lowest BCUT2D eigenvalue weighted by Gasteiger charge is -2.02. The topological polar surface area (TPSA) is 47.5 Å². The third-order valence-corrected chi connectivity index (χ3v) is 4.25. The number of thioether (sulfide) groups is 1. The van der Waals surface area contributed by atoms with E-state index in [1.165, 1.54) is 16.2 Å². The molecule has 1 aromatic carbocycles. The monoisotopic (exact) mass is 320 g/mol. The summed E-state index contributed by atoms with van der Waals surface area (Å²) < 4.78 is 6.47. The van der Waals surface area contributed by atoms with Crippen LogP contribution >= 0.6 is 23.4 Å². The van der Waals surface area contributed by atoms with Crippen LogP contribution in [0.3, 0.4) is 0 Å². The molecule has 0 aliphatic carbocycles. The first-order valence-corrected chi connectivity index (χ1v) is 7.97. The summed E-state index contributed by atoms with van der Waals surface area (Å²) in [6.45, 7) is 1.79. The van der Waals surface area contributed by atoms with Crippen LogP contribution < -0.4 is 5.56 Å². The molecular formula is C15H13ClN2O2S. The van der Waals surface area contributed by atoms with E-state index in [4.69, 9.17) is 16.1 Å². The summed E-state index contributed by atoms with van der Waals surface area (Å²) in [6.07, 6.45) is 0. The normalized spacial score (nSPS) is 11.1. The van der Waals surface area contributed by atoms with E-state index in [0.29, 0.717) is 17.2 Å². The molecule has 0 radical (unpaired) electrons. The molecule has 0 saturated heterocycles. The Bertz CT molecular complexity index is 824. The Balaban J connectivity index is 1.70. The van der Waals surface area contributed by atoms with Gasteiger partial charge in [-0.2, -0.15) is 11.8 Å². The van der Waals surface area contributed by atoms with Gasteiger partial charge in [-0.3, -0.25) is 4.79 Å². The Morgan fingerprint density at radius 3 is 2.76 bits per heavy atom. The summed E-state index contributed by atoms with van der Waals surface area (Å²) >= 11 is 7.56. The lowest BCUT2D eigenvalue weighted by molar-refractivity contribution is 0.344. The largest absolute Gasteiger partial charge is 0.375 e. The highest BCUT2D eigenvalue weighted by molar-refractivity contribution is 7.97. The van der Waals surface area contributed by atoms with Gasteiger partial charge < -0.3 is 4.52 Å². The molecule has 2 aromatic heterocycles. The lowest BCUT2D eigenvalue weighted by Crippen LogP contribution is -2.12. The van der Waals surface area contributed by atoms with Gasteiger partial charge >= 0.3 is 0 Å². The molecule has 0 aliphatic heterocycles. The lowest BCUT2D eigenvalue weighted by atomic mass is 10.2. The number of benzene rings is 1. The second-order valence-electron chi connectivity index (χ2n) is 4.70. The van der Waals surface area contributed by atoms with Crippen molar-refractivity contribution in [3.8, 4) is 0 Å². The van der Waals surface area contributed by atoms with E-state index in [-0.39, 0.29) is 5.56 Å². The van der Waals surface area contributed by atoms with Gasteiger partial charge in [-0.15, -0.1) is 4.57 Å². The Hall–Kier alpha value is -1.72. The van der Waals surface area contributed by atoms with Crippen molar-refractivity contribution in [2.45, 2.75) is 18.4 Å². The maximum absolute atomic E-state index is 11.9. The van der Waals surface area contributed by atoms with Crippen molar-refractivity contribution in [3.05, 3.63) is 68.8 Å². The fraction of sp³-hybridized carbons (Fsp3) is 0.200. The van der Waals surface area contributed by atoms with Crippen LogP contribution in [0.5, 0.6) is 0 Å². The second kappa shape index (κ2) is 5.95. The van der Waals surface area contributed by atoms with Gasteiger partial charge in [0.2, 0.25) is 0 Å². The van der Waals surface area contributed by atoms with Crippen LogP contribution in [0.25, 0.3) is 5.65 Å². The smallest absolute Gasteiger partial charge is 0.287 e. The molecule has 0 N–H and O–H groups in total. The zero-order valence-electron chi connectivity index (χ0n) is 11.4. The molecule has 3 aromatic rings. The summed E-state index contributed by atoms with van der Waals surface area (Å²) in [5, 5.41) is 0.735. The standard InChI is InChI=1S/C15H13ClN2O2S/c1-10-6-14-17-13(7-15(19)18(14)20-10)9-21-8-11-2-4-12(16)5-3-11/h2-7H,8-9H2,1H3. The Labute approximate surface area is 130 Å². The summed E-state index contributed by atoms with van der Waals surface area (Å²) in [5.74, 6) is 2.20. The number of aryl methyl sites for hydroxylation is 1. The number of nitrogens with zero attached hydrogens (tertiary/aromatic N) is 2. The van der Waals surface area contributed by atoms with E-state index in [0.717, 1.165) is 16.5 Å². The van der Waals surface area contributed by atoms with Crippen LogP contribution in [-0.2, 0) is 11.5 Å². The predicted octanol–water partition coefficient (Wildman–Crippen LogP) is 3.68. The van der Waals surface area contributed by atoms with Crippen molar-refractivity contribution in [2.24, 2.45) is 0 Å². The van der Waals surface area contributed by atoms with E-state index >= 15 is 0 Å². The third kappa shape index (κ3) is 3.31. The SMILES string of the molecule is Cc1cc2nc(CSCc3ccc(Cl)cc3)cc(=O)n2o1. The molecule has 21 heavy (non-hydrogen) atoms. The maximum atomic E-state index is 11.9. The summed E-state index contributed by atoms with van der Waals surface area (Å²) in [5.41, 5.74) is 2.33. The van der Waals surface area contributed by atoms with Crippen LogP contribution in [0.15, 0.2) is 45.7 Å². The van der Waals surface area contributed by atoms with Gasteiger partial charge in [-0.25, -0.2) is 4.98 Å². The molecule has 0 spiro atoms. The molecule has 6 heteroatoms. The van der Waals surface area contributed by atoms with Crippen molar-refractivity contribution in [1.29, 1.82) is 0 Å². The van der Waals surface area contributed by atoms with Crippen molar-refractivity contribution >= 4 is 29.0 Å². The van der Waals surface area contributed by atoms with Crippen molar-refractivity contribution in [2.75, 3.05) is 0 Å². The summed E-state index contributed by atoms with van der Waals surface area (Å²) in [7, 11) is 0. The number of fused-ring (bicyclic) bond motifs is 1. The zero-order chi connectivity index (χ0) is 14.8. The van der Waals surface area contributed by atoms with Crippen LogP contribution in [0, 0.1) is 6.92 Å². The van der Waals surface area contributed by atoms with Crippen molar-refractivity contribution in [1.82, 2.24) is 9.56 Å². The number of hydrogen-bond acceptors (Lipinski definition) is 4. The maximum Gasteiger partial charge on any atom is 0.287 e. The molecular weight excluding hydrogens is 308 g/mol. The quantitative estimate of drug-likeness (QED) is 0.735. The zero-order valence-corrected chi connectivity index (χ0v) is 12.9. The number of rotatable bonds is 4. The van der Waals surface area contributed by atoms with Gasteiger partial charge in [0.05, 0.1) is 5.69 Å². The minimum absolute atomic E-state index is 0.185. The van der Waals surface area contributed by atoms with Gasteiger partial charge in [-0.1, -0.05) is 23.7 Å². The Kier molecular flexibility index (Phi) is 4.03. The van der Waals surface area contributed by atoms with E-state index in [9.17, 15) is 4.79 Å². The number of hydrogen-bond donors (Lipinski definition) is 0. The second-order valence-corrected chi connectivity index (χ2v) is 6.13. The van der Waals surface area contributed by atoms with E-state index in [1.807, 2.05) is 24.3 Å². The molecule has 0 saturated carbocycles. The Morgan fingerprint density at radius 1 is 1.24 bits per heavy atom. The number of aromatic nitrogens is 2. The molecule has 0 fully saturated rings. The summed E-state index contributed by atoms with van der Waals surface area (Å²) in [4.78, 5) is 16.3. The minimum Gasteiger partial charge on any atom is -0.375 e. The fourth-order valence-corrected chi connectivity index (χ4v) is 3.01. The molecule has 0 atom stereocenters. The van der Waals surface area contributed by atoms with Gasteiger partial charge in [0, 0.05) is 28.7 Å². The highest BCUT2D eigenvalue weighted by atomic mass is 35.5. The summed E-state index contributed by atoms with van der Waals surface area (Å²) in [6, 6.07) is 11.0. The molecule has 3 rings (SSSR count). The number of halogens is 1.